The van der Waals surface area contributed by atoms with Crippen LogP contribution in [-0.4, -0.2) is 20.7 Å². The molecule has 138 valence electrons. The van der Waals surface area contributed by atoms with Crippen LogP contribution in [0, 0.1) is 11.6 Å². The van der Waals surface area contributed by atoms with Crippen LogP contribution in [0.3, 0.4) is 0 Å². The van der Waals surface area contributed by atoms with Gasteiger partial charge in [-0.2, -0.15) is 0 Å². The molecule has 4 N–H and O–H groups in total. The van der Waals surface area contributed by atoms with Crippen LogP contribution in [0.15, 0.2) is 41.3 Å². The van der Waals surface area contributed by atoms with Crippen molar-refractivity contribution in [3.8, 4) is 11.4 Å². The van der Waals surface area contributed by atoms with E-state index >= 15 is 0 Å². The van der Waals surface area contributed by atoms with Gasteiger partial charge in [-0.05, 0) is 37.1 Å². The second kappa shape index (κ2) is 5.62. The molecule has 0 aliphatic heterocycles. The Morgan fingerprint density at radius 2 is 1.85 bits per heavy atom. The molecule has 0 saturated heterocycles. The van der Waals surface area contributed by atoms with E-state index in [1.54, 1.807) is 0 Å². The molecule has 0 atom stereocenters. The number of halogens is 2. The minimum absolute atomic E-state index is 0.0975. The molecule has 3 aromatic rings. The number of phenols is 1. The molecule has 0 amide bonds. The number of pyridine rings is 1. The van der Waals surface area contributed by atoms with Crippen molar-refractivity contribution in [2.45, 2.75) is 18.4 Å². The van der Waals surface area contributed by atoms with Gasteiger partial charge in [0.15, 0.2) is 5.82 Å². The van der Waals surface area contributed by atoms with Gasteiger partial charge in [0.2, 0.25) is 5.43 Å². The number of benzene rings is 2. The Kier molecular flexibility index (Phi) is 3.57. The number of carboxylic acids is 1. The highest BCUT2D eigenvalue weighted by Gasteiger charge is 2.42. The van der Waals surface area contributed by atoms with Crippen LogP contribution in [0.2, 0.25) is 0 Å². The van der Waals surface area contributed by atoms with Crippen LogP contribution in [-0.2, 0) is 5.54 Å². The molecule has 1 aromatic heterocycles. The molecule has 1 fully saturated rings. The van der Waals surface area contributed by atoms with E-state index in [-0.39, 0.29) is 27.9 Å². The standard InChI is InChI=1S/C19H14F2N2O4/c20-13-6-10-16(7-12(13)19(22)3-4-19)23(8-11(17(10)25)18(26)27)15-2-1-9(24)5-14(15)21/h1-2,5-8,24H,3-4,22H2,(H,26,27). The van der Waals surface area contributed by atoms with Gasteiger partial charge in [-0.15, -0.1) is 0 Å². The Labute approximate surface area is 151 Å². The van der Waals surface area contributed by atoms with Crippen LogP contribution in [0.1, 0.15) is 28.8 Å². The third-order valence-electron chi connectivity index (χ3n) is 4.84. The van der Waals surface area contributed by atoms with E-state index < -0.39 is 34.1 Å². The first-order valence-corrected chi connectivity index (χ1v) is 8.12. The summed E-state index contributed by atoms with van der Waals surface area (Å²) in [5.41, 5.74) is 3.95. The number of hydrogen-bond acceptors (Lipinski definition) is 4. The first-order valence-electron chi connectivity index (χ1n) is 8.12. The zero-order valence-corrected chi connectivity index (χ0v) is 13.9. The van der Waals surface area contributed by atoms with E-state index in [4.69, 9.17) is 5.73 Å². The number of phenolic OH excluding ortho intramolecular Hbond substituents is 1. The summed E-state index contributed by atoms with van der Waals surface area (Å²) in [6.45, 7) is 0. The highest BCUT2D eigenvalue weighted by Crippen LogP contribution is 2.44. The lowest BCUT2D eigenvalue weighted by Crippen LogP contribution is -2.23. The molecule has 8 heteroatoms. The van der Waals surface area contributed by atoms with E-state index in [1.807, 2.05) is 0 Å². The number of nitrogens with two attached hydrogens (primary N) is 1. The number of aromatic hydroxyl groups is 1. The second-order valence-corrected chi connectivity index (χ2v) is 6.69. The van der Waals surface area contributed by atoms with Gasteiger partial charge in [0.05, 0.1) is 11.2 Å². The number of carbonyl (C=O) groups is 1. The van der Waals surface area contributed by atoms with Crippen molar-refractivity contribution in [3.05, 3.63) is 69.5 Å². The number of rotatable bonds is 3. The van der Waals surface area contributed by atoms with Crippen LogP contribution >= 0.6 is 0 Å². The Morgan fingerprint density at radius 1 is 1.15 bits per heavy atom. The zero-order chi connectivity index (χ0) is 19.5. The number of fused-ring (bicyclic) bond motifs is 1. The van der Waals surface area contributed by atoms with Crippen molar-refractivity contribution in [2.75, 3.05) is 0 Å². The summed E-state index contributed by atoms with van der Waals surface area (Å²) in [5, 5.41) is 18.5. The van der Waals surface area contributed by atoms with Crippen molar-refractivity contribution in [1.29, 1.82) is 0 Å². The molecule has 27 heavy (non-hydrogen) atoms. The van der Waals surface area contributed by atoms with Gasteiger partial charge in [0, 0.05) is 28.8 Å². The summed E-state index contributed by atoms with van der Waals surface area (Å²) >= 11 is 0. The molecule has 0 bridgehead atoms. The van der Waals surface area contributed by atoms with E-state index in [2.05, 4.69) is 0 Å². The molecule has 1 aliphatic carbocycles. The smallest absolute Gasteiger partial charge is 0.341 e. The monoisotopic (exact) mass is 372 g/mol. The Balaban J connectivity index is 2.13. The van der Waals surface area contributed by atoms with E-state index in [9.17, 15) is 28.6 Å². The lowest BCUT2D eigenvalue weighted by atomic mass is 10.0. The fourth-order valence-corrected chi connectivity index (χ4v) is 3.17. The van der Waals surface area contributed by atoms with Gasteiger partial charge in [0.1, 0.15) is 17.1 Å². The number of nitrogens with zero attached hydrogens (tertiary/aromatic N) is 1. The summed E-state index contributed by atoms with van der Waals surface area (Å²) in [6.07, 6.45) is 2.13. The number of hydrogen-bond donors (Lipinski definition) is 3. The summed E-state index contributed by atoms with van der Waals surface area (Å²) in [5.74, 6) is -3.38. The maximum absolute atomic E-state index is 14.6. The van der Waals surface area contributed by atoms with Crippen LogP contribution in [0.5, 0.6) is 5.75 Å². The Hall–Kier alpha value is -3.26. The number of aromatic nitrogens is 1. The lowest BCUT2D eigenvalue weighted by molar-refractivity contribution is 0.0695. The zero-order valence-electron chi connectivity index (χ0n) is 13.9. The van der Waals surface area contributed by atoms with Crippen molar-refractivity contribution >= 4 is 16.9 Å². The van der Waals surface area contributed by atoms with E-state index in [0.717, 1.165) is 22.9 Å². The van der Waals surface area contributed by atoms with Gasteiger partial charge in [-0.3, -0.25) is 4.79 Å². The molecular weight excluding hydrogens is 358 g/mol. The Bertz CT molecular complexity index is 1180. The average molecular weight is 372 g/mol. The topological polar surface area (TPSA) is 106 Å². The number of carboxylic acid groups (broad SMARTS) is 1. The lowest BCUT2D eigenvalue weighted by Gasteiger charge is -2.17. The summed E-state index contributed by atoms with van der Waals surface area (Å²) in [6, 6.07) is 5.62. The first-order chi connectivity index (χ1) is 12.7. The highest BCUT2D eigenvalue weighted by atomic mass is 19.1. The fraction of sp³-hybridized carbons (Fsp3) is 0.158. The van der Waals surface area contributed by atoms with E-state index in [1.165, 1.54) is 18.2 Å². The van der Waals surface area contributed by atoms with Crippen LogP contribution in [0.25, 0.3) is 16.6 Å². The predicted molar refractivity (Wildman–Crippen MR) is 93.2 cm³/mol. The largest absolute Gasteiger partial charge is 0.508 e. The molecule has 0 radical (unpaired) electrons. The highest BCUT2D eigenvalue weighted by molar-refractivity contribution is 5.93. The normalized spacial score (nSPS) is 15.1. The molecule has 1 saturated carbocycles. The number of aromatic carboxylic acids is 1. The van der Waals surface area contributed by atoms with Crippen LogP contribution < -0.4 is 11.2 Å². The molecule has 4 rings (SSSR count). The third kappa shape index (κ3) is 2.65. The summed E-state index contributed by atoms with van der Waals surface area (Å²) < 4.78 is 30.1. The van der Waals surface area contributed by atoms with Crippen molar-refractivity contribution in [3.63, 3.8) is 0 Å². The Morgan fingerprint density at radius 3 is 2.44 bits per heavy atom. The molecule has 0 spiro atoms. The molecule has 6 nitrogen and oxygen atoms in total. The predicted octanol–water partition coefficient (Wildman–Crippen LogP) is 2.62. The quantitative estimate of drug-likeness (QED) is 0.655. The minimum atomic E-state index is -1.52. The average Bonchev–Trinajstić information content (AvgIpc) is 3.34. The summed E-state index contributed by atoms with van der Waals surface area (Å²) in [7, 11) is 0. The summed E-state index contributed by atoms with van der Waals surface area (Å²) in [4.78, 5) is 23.9. The van der Waals surface area contributed by atoms with Crippen molar-refractivity contribution in [2.24, 2.45) is 5.73 Å². The van der Waals surface area contributed by atoms with Crippen molar-refractivity contribution < 1.29 is 23.8 Å². The van der Waals surface area contributed by atoms with Gasteiger partial charge in [0.25, 0.3) is 0 Å². The minimum Gasteiger partial charge on any atom is -0.508 e. The maximum Gasteiger partial charge on any atom is 0.341 e. The van der Waals surface area contributed by atoms with Gasteiger partial charge < -0.3 is 20.5 Å². The molecule has 2 aromatic carbocycles. The molecule has 0 unspecified atom stereocenters. The van der Waals surface area contributed by atoms with Gasteiger partial charge in [-0.1, -0.05) is 0 Å². The molecule has 1 aliphatic rings. The molecule has 1 heterocycles. The fourth-order valence-electron chi connectivity index (χ4n) is 3.17. The van der Waals surface area contributed by atoms with E-state index in [0.29, 0.717) is 12.8 Å². The first kappa shape index (κ1) is 17.2. The molecular formula is C19H14F2N2O4. The second-order valence-electron chi connectivity index (χ2n) is 6.69. The van der Waals surface area contributed by atoms with Crippen molar-refractivity contribution in [1.82, 2.24) is 4.57 Å². The van der Waals surface area contributed by atoms with Gasteiger partial charge >= 0.3 is 5.97 Å². The maximum atomic E-state index is 14.6. The third-order valence-corrected chi connectivity index (χ3v) is 4.84. The van der Waals surface area contributed by atoms with Crippen LogP contribution in [0.4, 0.5) is 8.78 Å². The SMILES string of the molecule is NC1(c2cc3c(cc2F)c(=O)c(C(=O)O)cn3-c2ccc(O)cc2F)CC1. The van der Waals surface area contributed by atoms with Gasteiger partial charge in [-0.25, -0.2) is 13.6 Å².